The maximum absolute atomic E-state index is 9.77. The summed E-state index contributed by atoms with van der Waals surface area (Å²) < 4.78 is 5.65. The molecule has 0 aliphatic carbocycles. The van der Waals surface area contributed by atoms with Gasteiger partial charge in [-0.05, 0) is 44.6 Å². The second-order valence-corrected chi connectivity index (χ2v) is 6.18. The second kappa shape index (κ2) is 8.40. The molecule has 1 aromatic rings. The molecule has 114 valence electrons. The molecule has 0 aromatic heterocycles. The molecule has 0 fully saturated rings. The van der Waals surface area contributed by atoms with Crippen LogP contribution in [0.3, 0.4) is 0 Å². The molecule has 3 nitrogen and oxygen atoms in total. The van der Waals surface area contributed by atoms with Gasteiger partial charge in [-0.2, -0.15) is 0 Å². The number of rotatable bonds is 9. The molecule has 0 spiro atoms. The molecule has 2 N–H and O–H groups in total. The number of ether oxygens (including phenoxy) is 1. The average molecular weight is 280 g/mol. The van der Waals surface area contributed by atoms with E-state index in [4.69, 9.17) is 4.74 Å². The minimum Gasteiger partial charge on any atom is -0.390 e. The Morgan fingerprint density at radius 1 is 1.10 bits per heavy atom. The minimum absolute atomic E-state index is 0.489. The fourth-order valence-corrected chi connectivity index (χ4v) is 1.99. The van der Waals surface area contributed by atoms with Crippen molar-refractivity contribution in [3.05, 3.63) is 35.9 Å². The second-order valence-electron chi connectivity index (χ2n) is 6.18. The van der Waals surface area contributed by atoms with Crippen molar-refractivity contribution in [1.29, 1.82) is 0 Å². The van der Waals surface area contributed by atoms with Crippen molar-refractivity contribution in [2.24, 2.45) is 5.92 Å². The Hall–Kier alpha value is -0.900. The molecule has 0 radical (unpaired) electrons. The monoisotopic (exact) mass is 280 g/mol. The molecular weight excluding hydrogens is 252 g/mol. The Balaban J connectivity index is 2.10. The van der Waals surface area contributed by atoms with Crippen molar-refractivity contribution >= 4 is 0 Å². The Kier molecular flexibility index (Phi) is 7.20. The van der Waals surface area contributed by atoms with Crippen LogP contribution in [0.2, 0.25) is 0 Å². The van der Waals surface area contributed by atoms with Crippen LogP contribution in [0.25, 0.3) is 0 Å². The van der Waals surface area contributed by atoms with E-state index in [9.17, 15) is 10.2 Å². The van der Waals surface area contributed by atoms with E-state index in [1.54, 1.807) is 13.8 Å². The average Bonchev–Trinajstić information content (AvgIpc) is 2.41. The Morgan fingerprint density at radius 3 is 2.35 bits per heavy atom. The van der Waals surface area contributed by atoms with E-state index in [1.165, 1.54) is 5.56 Å². The summed E-state index contributed by atoms with van der Waals surface area (Å²) in [4.78, 5) is 0. The molecule has 1 unspecified atom stereocenters. The first-order valence-electron chi connectivity index (χ1n) is 7.41. The molecule has 0 aliphatic heterocycles. The van der Waals surface area contributed by atoms with Crippen molar-refractivity contribution < 1.29 is 14.9 Å². The van der Waals surface area contributed by atoms with Gasteiger partial charge in [0.1, 0.15) is 0 Å². The van der Waals surface area contributed by atoms with Crippen LogP contribution in [0.4, 0.5) is 0 Å². The van der Waals surface area contributed by atoms with Gasteiger partial charge in [-0.15, -0.1) is 0 Å². The van der Waals surface area contributed by atoms with Crippen LogP contribution in [0, 0.1) is 5.92 Å². The van der Waals surface area contributed by atoms with Gasteiger partial charge in [0.15, 0.2) is 0 Å². The molecule has 1 rings (SSSR count). The number of benzene rings is 1. The summed E-state index contributed by atoms with van der Waals surface area (Å²) in [5.41, 5.74) is 0.182. The van der Waals surface area contributed by atoms with Gasteiger partial charge in [-0.1, -0.05) is 37.3 Å². The maximum atomic E-state index is 9.77. The highest BCUT2D eigenvalue weighted by Gasteiger charge is 2.24. The van der Waals surface area contributed by atoms with E-state index < -0.39 is 11.7 Å². The van der Waals surface area contributed by atoms with Gasteiger partial charge < -0.3 is 14.9 Å². The topological polar surface area (TPSA) is 49.7 Å². The van der Waals surface area contributed by atoms with Crippen LogP contribution in [0.1, 0.15) is 45.6 Å². The van der Waals surface area contributed by atoms with Crippen LogP contribution in [0.5, 0.6) is 0 Å². The first kappa shape index (κ1) is 17.2. The van der Waals surface area contributed by atoms with Crippen LogP contribution < -0.4 is 0 Å². The smallest absolute Gasteiger partial charge is 0.0849 e. The third kappa shape index (κ3) is 7.04. The molecule has 0 saturated heterocycles. The molecular formula is C17H28O3. The fraction of sp³-hybridized carbons (Fsp3) is 0.647. The molecule has 3 heteroatoms. The van der Waals surface area contributed by atoms with E-state index in [2.05, 4.69) is 19.1 Å². The normalized spacial score (nSPS) is 15.1. The zero-order chi connectivity index (χ0) is 15.0. The largest absolute Gasteiger partial charge is 0.390 e. The van der Waals surface area contributed by atoms with Crippen molar-refractivity contribution in [1.82, 2.24) is 0 Å². The molecule has 20 heavy (non-hydrogen) atoms. The van der Waals surface area contributed by atoms with Gasteiger partial charge in [-0.3, -0.25) is 0 Å². The molecule has 0 aliphatic rings. The van der Waals surface area contributed by atoms with Crippen molar-refractivity contribution in [3.8, 4) is 0 Å². The minimum atomic E-state index is -1.01. The number of hydrogen-bond donors (Lipinski definition) is 2. The SMILES string of the molecule is C[C@H](CCOCc1ccccc1)CCC(O)C(C)(C)O. The number of aliphatic hydroxyl groups excluding tert-OH is 1. The fourth-order valence-electron chi connectivity index (χ4n) is 1.99. The van der Waals surface area contributed by atoms with Crippen molar-refractivity contribution in [3.63, 3.8) is 0 Å². The van der Waals surface area contributed by atoms with Gasteiger partial charge >= 0.3 is 0 Å². The van der Waals surface area contributed by atoms with Crippen molar-refractivity contribution in [2.75, 3.05) is 6.61 Å². The number of hydrogen-bond acceptors (Lipinski definition) is 3. The van der Waals surface area contributed by atoms with E-state index >= 15 is 0 Å². The predicted octanol–water partition coefficient (Wildman–Crippen LogP) is 3.14. The van der Waals surface area contributed by atoms with Crippen LogP contribution >= 0.6 is 0 Å². The summed E-state index contributed by atoms with van der Waals surface area (Å²) >= 11 is 0. The summed E-state index contributed by atoms with van der Waals surface area (Å²) in [6.07, 6.45) is 1.85. The Bertz CT molecular complexity index is 356. The molecule has 1 aromatic carbocycles. The zero-order valence-electron chi connectivity index (χ0n) is 12.9. The van der Waals surface area contributed by atoms with Gasteiger partial charge in [0.25, 0.3) is 0 Å². The first-order chi connectivity index (χ1) is 9.39. The number of aliphatic hydroxyl groups is 2. The van der Waals surface area contributed by atoms with E-state index in [-0.39, 0.29) is 0 Å². The quantitative estimate of drug-likeness (QED) is 0.683. The standard InChI is InChI=1S/C17H28O3/c1-14(9-10-16(18)17(2,3)19)11-12-20-13-15-7-5-4-6-8-15/h4-8,14,16,18-19H,9-13H2,1-3H3/t14-,16?/m0/s1. The highest BCUT2D eigenvalue weighted by Crippen LogP contribution is 2.18. The molecule has 0 saturated carbocycles. The Labute approximate surface area is 122 Å². The third-order valence-corrected chi connectivity index (χ3v) is 3.61. The lowest BCUT2D eigenvalue weighted by atomic mass is 9.93. The summed E-state index contributed by atoms with van der Waals surface area (Å²) in [5, 5.41) is 19.4. The van der Waals surface area contributed by atoms with Crippen LogP contribution in [-0.4, -0.2) is 28.5 Å². The van der Waals surface area contributed by atoms with Gasteiger partial charge in [0, 0.05) is 6.61 Å². The first-order valence-corrected chi connectivity index (χ1v) is 7.41. The van der Waals surface area contributed by atoms with Gasteiger partial charge in [0.05, 0.1) is 18.3 Å². The maximum Gasteiger partial charge on any atom is 0.0849 e. The lowest BCUT2D eigenvalue weighted by Gasteiger charge is -2.25. The van der Waals surface area contributed by atoms with E-state index in [1.807, 2.05) is 18.2 Å². The van der Waals surface area contributed by atoms with Crippen LogP contribution in [0.15, 0.2) is 30.3 Å². The summed E-state index contributed by atoms with van der Waals surface area (Å²) in [6, 6.07) is 10.1. The summed E-state index contributed by atoms with van der Waals surface area (Å²) in [6.45, 7) is 6.83. The van der Waals surface area contributed by atoms with Gasteiger partial charge in [0.2, 0.25) is 0 Å². The zero-order valence-corrected chi connectivity index (χ0v) is 12.9. The highest BCUT2D eigenvalue weighted by atomic mass is 16.5. The van der Waals surface area contributed by atoms with Gasteiger partial charge in [-0.25, -0.2) is 0 Å². The molecule has 0 heterocycles. The van der Waals surface area contributed by atoms with E-state index in [0.29, 0.717) is 18.9 Å². The Morgan fingerprint density at radius 2 is 1.75 bits per heavy atom. The van der Waals surface area contributed by atoms with Crippen LogP contribution in [-0.2, 0) is 11.3 Å². The van der Waals surface area contributed by atoms with Crippen molar-refractivity contribution in [2.45, 2.75) is 58.3 Å². The van der Waals surface area contributed by atoms with E-state index in [0.717, 1.165) is 19.4 Å². The molecule has 0 amide bonds. The lowest BCUT2D eigenvalue weighted by molar-refractivity contribution is -0.0537. The lowest BCUT2D eigenvalue weighted by Crippen LogP contribution is -2.35. The highest BCUT2D eigenvalue weighted by molar-refractivity contribution is 5.13. The molecule has 0 bridgehead atoms. The summed E-state index contributed by atoms with van der Waals surface area (Å²) in [7, 11) is 0. The summed E-state index contributed by atoms with van der Waals surface area (Å²) in [5.74, 6) is 0.489. The molecule has 2 atom stereocenters. The predicted molar refractivity (Wildman–Crippen MR) is 81.4 cm³/mol. The third-order valence-electron chi connectivity index (χ3n) is 3.61.